The van der Waals surface area contributed by atoms with Crippen molar-refractivity contribution >= 4 is 5.97 Å². The van der Waals surface area contributed by atoms with E-state index < -0.39 is 5.60 Å². The molecule has 19 heavy (non-hydrogen) atoms. The van der Waals surface area contributed by atoms with Crippen LogP contribution in [0.3, 0.4) is 0 Å². The van der Waals surface area contributed by atoms with Crippen molar-refractivity contribution in [3.05, 3.63) is 29.3 Å². The zero-order chi connectivity index (χ0) is 14.3. The van der Waals surface area contributed by atoms with Crippen LogP contribution in [0.2, 0.25) is 0 Å². The minimum Gasteiger partial charge on any atom is -0.508 e. The molecule has 1 N–H and O–H groups in total. The second-order valence-corrected chi connectivity index (χ2v) is 6.16. The average molecular weight is 262 g/mol. The van der Waals surface area contributed by atoms with Gasteiger partial charge in [0.2, 0.25) is 0 Å². The predicted molar refractivity (Wildman–Crippen MR) is 73.9 cm³/mol. The first-order chi connectivity index (χ1) is 8.78. The van der Waals surface area contributed by atoms with Crippen molar-refractivity contribution in [3.8, 4) is 5.75 Å². The Hall–Kier alpha value is -1.51. The fourth-order valence-electron chi connectivity index (χ4n) is 3.25. The SMILES string of the molecule is CC(=O)OC1(c2ccc(O)c(C)c2)CCCC1(C)C. The van der Waals surface area contributed by atoms with Crippen LogP contribution in [-0.2, 0) is 15.1 Å². The molecule has 1 aliphatic carbocycles. The van der Waals surface area contributed by atoms with E-state index in [4.69, 9.17) is 4.74 Å². The van der Waals surface area contributed by atoms with Crippen molar-refractivity contribution in [2.45, 2.75) is 52.6 Å². The Morgan fingerprint density at radius 1 is 1.32 bits per heavy atom. The van der Waals surface area contributed by atoms with Crippen LogP contribution in [0.1, 0.15) is 51.2 Å². The highest BCUT2D eigenvalue weighted by molar-refractivity contribution is 5.67. The summed E-state index contributed by atoms with van der Waals surface area (Å²) in [6.45, 7) is 7.61. The standard InChI is InChI=1S/C16H22O3/c1-11-10-13(6-7-14(11)18)16(19-12(2)17)9-5-8-15(16,3)4/h6-7,10,18H,5,8-9H2,1-4H3. The van der Waals surface area contributed by atoms with Crippen molar-refractivity contribution in [1.29, 1.82) is 0 Å². The van der Waals surface area contributed by atoms with Gasteiger partial charge < -0.3 is 9.84 Å². The molecule has 1 aliphatic rings. The first-order valence-corrected chi connectivity index (χ1v) is 6.78. The van der Waals surface area contributed by atoms with Gasteiger partial charge in [0, 0.05) is 12.3 Å². The zero-order valence-electron chi connectivity index (χ0n) is 12.1. The number of benzene rings is 1. The first-order valence-electron chi connectivity index (χ1n) is 6.78. The molecule has 1 fully saturated rings. The molecule has 0 aliphatic heterocycles. The molecule has 0 heterocycles. The van der Waals surface area contributed by atoms with Crippen LogP contribution >= 0.6 is 0 Å². The lowest BCUT2D eigenvalue weighted by Gasteiger charge is -2.41. The highest BCUT2D eigenvalue weighted by Crippen LogP contribution is 2.55. The van der Waals surface area contributed by atoms with Gasteiger partial charge in [-0.1, -0.05) is 19.9 Å². The number of hydrogen-bond donors (Lipinski definition) is 1. The lowest BCUT2D eigenvalue weighted by atomic mass is 9.73. The molecule has 1 unspecified atom stereocenters. The minimum absolute atomic E-state index is 0.0952. The third-order valence-electron chi connectivity index (χ3n) is 4.40. The van der Waals surface area contributed by atoms with Gasteiger partial charge in [-0.15, -0.1) is 0 Å². The molecule has 0 amide bonds. The van der Waals surface area contributed by atoms with Gasteiger partial charge in [-0.3, -0.25) is 4.79 Å². The number of hydrogen-bond acceptors (Lipinski definition) is 3. The highest BCUT2D eigenvalue weighted by atomic mass is 16.6. The van der Waals surface area contributed by atoms with Gasteiger partial charge in [0.15, 0.2) is 0 Å². The van der Waals surface area contributed by atoms with Crippen molar-refractivity contribution in [1.82, 2.24) is 0 Å². The smallest absolute Gasteiger partial charge is 0.303 e. The maximum absolute atomic E-state index is 11.5. The number of phenols is 1. The van der Waals surface area contributed by atoms with Crippen molar-refractivity contribution < 1.29 is 14.6 Å². The molecule has 3 nitrogen and oxygen atoms in total. The van der Waals surface area contributed by atoms with Crippen LogP contribution in [0, 0.1) is 12.3 Å². The number of carbonyl (C=O) groups excluding carboxylic acids is 1. The van der Waals surface area contributed by atoms with Crippen LogP contribution in [-0.4, -0.2) is 11.1 Å². The van der Waals surface area contributed by atoms with Crippen molar-refractivity contribution in [2.24, 2.45) is 5.41 Å². The molecular formula is C16H22O3. The van der Waals surface area contributed by atoms with Gasteiger partial charge in [0.1, 0.15) is 11.4 Å². The molecule has 0 radical (unpaired) electrons. The summed E-state index contributed by atoms with van der Waals surface area (Å²) in [5, 5.41) is 9.67. The fourth-order valence-corrected chi connectivity index (χ4v) is 3.25. The van der Waals surface area contributed by atoms with Gasteiger partial charge in [-0.25, -0.2) is 0 Å². The maximum atomic E-state index is 11.5. The van der Waals surface area contributed by atoms with Gasteiger partial charge in [0.25, 0.3) is 0 Å². The van der Waals surface area contributed by atoms with Gasteiger partial charge in [-0.05, 0) is 49.4 Å². The van der Waals surface area contributed by atoms with E-state index in [1.165, 1.54) is 6.92 Å². The largest absolute Gasteiger partial charge is 0.508 e. The van der Waals surface area contributed by atoms with E-state index >= 15 is 0 Å². The molecule has 0 bridgehead atoms. The number of carbonyl (C=O) groups is 1. The molecule has 1 aromatic rings. The van der Waals surface area contributed by atoms with Crippen LogP contribution in [0.4, 0.5) is 0 Å². The van der Waals surface area contributed by atoms with Gasteiger partial charge in [0.05, 0.1) is 0 Å². The highest BCUT2D eigenvalue weighted by Gasteiger charge is 2.52. The van der Waals surface area contributed by atoms with Crippen LogP contribution in [0.15, 0.2) is 18.2 Å². The molecule has 0 aromatic heterocycles. The second kappa shape index (κ2) is 4.55. The molecule has 1 atom stereocenters. The summed E-state index contributed by atoms with van der Waals surface area (Å²) in [6.07, 6.45) is 2.91. The topological polar surface area (TPSA) is 46.5 Å². The summed E-state index contributed by atoms with van der Waals surface area (Å²) in [4.78, 5) is 11.5. The molecule has 1 aromatic carbocycles. The van der Waals surface area contributed by atoms with Crippen molar-refractivity contribution in [2.75, 3.05) is 0 Å². The van der Waals surface area contributed by atoms with Gasteiger partial charge in [-0.2, -0.15) is 0 Å². The molecule has 0 saturated heterocycles. The number of aromatic hydroxyl groups is 1. The summed E-state index contributed by atoms with van der Waals surface area (Å²) in [6, 6.07) is 5.49. The minimum atomic E-state index is -0.572. The Balaban J connectivity index is 2.54. The van der Waals surface area contributed by atoms with Crippen LogP contribution < -0.4 is 0 Å². The average Bonchev–Trinajstić information content (AvgIpc) is 2.58. The molecule has 1 saturated carbocycles. The number of ether oxygens (including phenoxy) is 1. The Kier molecular flexibility index (Phi) is 3.33. The fraction of sp³-hybridized carbons (Fsp3) is 0.562. The van der Waals surface area contributed by atoms with E-state index in [9.17, 15) is 9.90 Å². The molecule has 104 valence electrons. The summed E-state index contributed by atoms with van der Waals surface area (Å²) in [5.74, 6) is 0.0261. The van der Waals surface area contributed by atoms with E-state index in [0.717, 1.165) is 30.4 Å². The van der Waals surface area contributed by atoms with Crippen molar-refractivity contribution in [3.63, 3.8) is 0 Å². The number of rotatable bonds is 2. The molecular weight excluding hydrogens is 240 g/mol. The van der Waals surface area contributed by atoms with Crippen LogP contribution in [0.25, 0.3) is 0 Å². The van der Waals surface area contributed by atoms with E-state index in [2.05, 4.69) is 13.8 Å². The number of phenolic OH excluding ortho intramolecular Hbond substituents is 1. The zero-order valence-corrected chi connectivity index (χ0v) is 12.1. The van der Waals surface area contributed by atoms with E-state index in [1.807, 2.05) is 19.1 Å². The third kappa shape index (κ3) is 2.22. The Bertz CT molecular complexity index is 505. The summed E-state index contributed by atoms with van der Waals surface area (Å²) in [5.41, 5.74) is 1.13. The predicted octanol–water partition coefficient (Wildman–Crippen LogP) is 3.67. The summed E-state index contributed by atoms with van der Waals surface area (Å²) in [7, 11) is 0. The van der Waals surface area contributed by atoms with Gasteiger partial charge >= 0.3 is 5.97 Å². The number of esters is 1. The Labute approximate surface area is 114 Å². The van der Waals surface area contributed by atoms with E-state index in [1.54, 1.807) is 6.07 Å². The number of aryl methyl sites for hydroxylation is 1. The van der Waals surface area contributed by atoms with E-state index in [0.29, 0.717) is 0 Å². The molecule has 0 spiro atoms. The molecule has 3 heteroatoms. The molecule has 2 rings (SSSR count). The third-order valence-corrected chi connectivity index (χ3v) is 4.40. The maximum Gasteiger partial charge on any atom is 0.303 e. The normalized spacial score (nSPS) is 25.3. The van der Waals surface area contributed by atoms with E-state index in [-0.39, 0.29) is 17.1 Å². The quantitative estimate of drug-likeness (QED) is 0.827. The Morgan fingerprint density at radius 3 is 2.47 bits per heavy atom. The monoisotopic (exact) mass is 262 g/mol. The summed E-state index contributed by atoms with van der Waals surface area (Å²) >= 11 is 0. The van der Waals surface area contributed by atoms with Crippen LogP contribution in [0.5, 0.6) is 5.75 Å². The first kappa shape index (κ1) is 13.9. The Morgan fingerprint density at radius 2 is 2.00 bits per heavy atom. The second-order valence-electron chi connectivity index (χ2n) is 6.16. The lowest BCUT2D eigenvalue weighted by molar-refractivity contribution is -0.170. The lowest BCUT2D eigenvalue weighted by Crippen LogP contribution is -2.41. The summed E-state index contributed by atoms with van der Waals surface area (Å²) < 4.78 is 5.77.